The highest BCUT2D eigenvalue weighted by Crippen LogP contribution is 2.31. The first-order valence-corrected chi connectivity index (χ1v) is 7.74. The summed E-state index contributed by atoms with van der Waals surface area (Å²) in [7, 11) is -3.85. The number of aromatic amines is 1. The molecule has 0 radical (unpaired) electrons. The molecule has 2 aromatic rings. The molecule has 9 nitrogen and oxygen atoms in total. The van der Waals surface area contributed by atoms with Gasteiger partial charge in [0.15, 0.2) is 5.82 Å². The second-order valence-electron chi connectivity index (χ2n) is 3.21. The fourth-order valence-electron chi connectivity index (χ4n) is 1.14. The number of nitrogens with zero attached hydrogens (tertiary/aromatic N) is 3. The number of hydrogen-bond acceptors (Lipinski definition) is 7. The van der Waals surface area contributed by atoms with E-state index in [1.165, 1.54) is 0 Å². The van der Waals surface area contributed by atoms with Crippen LogP contribution in [0.3, 0.4) is 0 Å². The zero-order chi connectivity index (χ0) is 14.0. The quantitative estimate of drug-likeness (QED) is 0.685. The minimum atomic E-state index is -3.85. The topological polar surface area (TPSA) is 138 Å². The van der Waals surface area contributed by atoms with Gasteiger partial charge in [0.05, 0.1) is 10.3 Å². The number of thiophene rings is 1. The van der Waals surface area contributed by atoms with Crippen molar-refractivity contribution in [2.24, 2.45) is 0 Å². The molecule has 12 heteroatoms. The molecule has 0 unspecified atom stereocenters. The Kier molecular flexibility index (Phi) is 3.93. The third-order valence-electron chi connectivity index (χ3n) is 1.97. The summed E-state index contributed by atoms with van der Waals surface area (Å²) in [5.41, 5.74) is 0. The molecule has 2 heterocycles. The number of carboxylic acid groups (broad SMARTS) is 1. The normalized spacial score (nSPS) is 11.6. The van der Waals surface area contributed by atoms with E-state index < -0.39 is 16.0 Å². The van der Waals surface area contributed by atoms with Crippen LogP contribution in [-0.2, 0) is 16.6 Å². The van der Waals surface area contributed by atoms with Crippen molar-refractivity contribution in [3.05, 3.63) is 20.6 Å². The van der Waals surface area contributed by atoms with Crippen LogP contribution >= 0.6 is 27.3 Å². The summed E-state index contributed by atoms with van der Waals surface area (Å²) in [4.78, 5) is 10.6. The molecule has 0 saturated carbocycles. The molecular formula is C7H6BrN5O4S2. The Morgan fingerprint density at radius 3 is 2.84 bits per heavy atom. The van der Waals surface area contributed by atoms with E-state index in [-0.39, 0.29) is 25.9 Å². The molecule has 2 rings (SSSR count). The summed E-state index contributed by atoms with van der Waals surface area (Å²) in [6.45, 7) is -0.149. The van der Waals surface area contributed by atoms with Crippen LogP contribution in [0.2, 0.25) is 0 Å². The summed E-state index contributed by atoms with van der Waals surface area (Å²) < 4.78 is 26.4. The summed E-state index contributed by atoms with van der Waals surface area (Å²) in [5, 5.41) is 21.5. The number of nitrogens with one attached hydrogen (secondary N) is 2. The van der Waals surface area contributed by atoms with Gasteiger partial charge in [0.25, 0.3) is 0 Å². The van der Waals surface area contributed by atoms with Crippen molar-refractivity contribution in [2.75, 3.05) is 0 Å². The van der Waals surface area contributed by atoms with Crippen LogP contribution < -0.4 is 4.72 Å². The first-order valence-electron chi connectivity index (χ1n) is 4.65. The lowest BCUT2D eigenvalue weighted by molar-refractivity contribution is 0.0702. The fraction of sp³-hybridized carbons (Fsp3) is 0.143. The number of hydrogen-bond donors (Lipinski definition) is 3. The van der Waals surface area contributed by atoms with Crippen molar-refractivity contribution in [2.45, 2.75) is 11.4 Å². The number of aromatic carboxylic acids is 1. The molecule has 102 valence electrons. The molecule has 0 bridgehead atoms. The van der Waals surface area contributed by atoms with Crippen molar-refractivity contribution in [1.82, 2.24) is 25.3 Å². The first-order chi connectivity index (χ1) is 8.90. The zero-order valence-corrected chi connectivity index (χ0v) is 12.2. The predicted molar refractivity (Wildman–Crippen MR) is 67.2 cm³/mol. The van der Waals surface area contributed by atoms with Gasteiger partial charge in [-0.25, -0.2) is 17.9 Å². The molecule has 0 spiro atoms. The number of aromatic nitrogens is 4. The van der Waals surface area contributed by atoms with Gasteiger partial charge < -0.3 is 5.11 Å². The Morgan fingerprint density at radius 1 is 1.58 bits per heavy atom. The zero-order valence-electron chi connectivity index (χ0n) is 8.99. The number of carboxylic acids is 1. The number of sulfonamides is 1. The molecule has 0 saturated heterocycles. The summed E-state index contributed by atoms with van der Waals surface area (Å²) in [6, 6.07) is 1.08. The van der Waals surface area contributed by atoms with Crippen LogP contribution in [0.25, 0.3) is 0 Å². The highest BCUT2D eigenvalue weighted by molar-refractivity contribution is 9.11. The highest BCUT2D eigenvalue weighted by Gasteiger charge is 2.23. The predicted octanol–water partition coefficient (Wildman–Crippen LogP) is 0.200. The standard InChI is InChI=1S/C7H6BrN5O4S2/c8-6-4(1-3(18-6)7(14)15)19(16,17)9-2-5-10-12-13-11-5/h1,9H,2H2,(H,14,15)(H,10,11,12,13). The molecule has 0 atom stereocenters. The van der Waals surface area contributed by atoms with Crippen molar-refractivity contribution < 1.29 is 18.3 Å². The van der Waals surface area contributed by atoms with Crippen molar-refractivity contribution in [1.29, 1.82) is 0 Å². The van der Waals surface area contributed by atoms with Gasteiger partial charge in [0.1, 0.15) is 9.77 Å². The van der Waals surface area contributed by atoms with Gasteiger partial charge in [-0.3, -0.25) is 0 Å². The van der Waals surface area contributed by atoms with Crippen molar-refractivity contribution >= 4 is 43.3 Å². The number of tetrazole rings is 1. The summed E-state index contributed by atoms with van der Waals surface area (Å²) in [5.74, 6) is -1.02. The number of halogens is 1. The molecule has 0 amide bonds. The van der Waals surface area contributed by atoms with Crippen LogP contribution in [0.4, 0.5) is 0 Å². The molecule has 0 aliphatic carbocycles. The van der Waals surface area contributed by atoms with Crippen LogP contribution in [-0.4, -0.2) is 40.1 Å². The highest BCUT2D eigenvalue weighted by atomic mass is 79.9. The average molecular weight is 368 g/mol. The average Bonchev–Trinajstić information content (AvgIpc) is 2.95. The third kappa shape index (κ3) is 3.15. The third-order valence-corrected chi connectivity index (χ3v) is 5.61. The monoisotopic (exact) mass is 367 g/mol. The maximum Gasteiger partial charge on any atom is 0.345 e. The van der Waals surface area contributed by atoms with Crippen molar-refractivity contribution in [3.8, 4) is 0 Å². The molecule has 0 aromatic carbocycles. The van der Waals surface area contributed by atoms with E-state index in [1.54, 1.807) is 0 Å². The molecule has 3 N–H and O–H groups in total. The number of carbonyl (C=O) groups is 1. The van der Waals surface area contributed by atoms with E-state index >= 15 is 0 Å². The van der Waals surface area contributed by atoms with E-state index in [1.807, 2.05) is 0 Å². The Balaban J connectivity index is 2.22. The lowest BCUT2D eigenvalue weighted by Gasteiger charge is -2.02. The fourth-order valence-corrected chi connectivity index (χ4v) is 4.52. The number of H-pyrrole nitrogens is 1. The van der Waals surface area contributed by atoms with Gasteiger partial charge in [0, 0.05) is 0 Å². The molecule has 19 heavy (non-hydrogen) atoms. The van der Waals surface area contributed by atoms with Gasteiger partial charge in [0.2, 0.25) is 10.0 Å². The second-order valence-corrected chi connectivity index (χ2v) is 7.31. The lowest BCUT2D eigenvalue weighted by Crippen LogP contribution is -2.23. The SMILES string of the molecule is O=C(O)c1cc(S(=O)(=O)NCc2nn[nH]n2)c(Br)s1. The Morgan fingerprint density at radius 2 is 2.32 bits per heavy atom. The molecule has 0 fully saturated rings. The van der Waals surface area contributed by atoms with Crippen LogP contribution in [0, 0.1) is 0 Å². The van der Waals surface area contributed by atoms with Gasteiger partial charge in [-0.2, -0.15) is 5.21 Å². The smallest absolute Gasteiger partial charge is 0.345 e. The van der Waals surface area contributed by atoms with Gasteiger partial charge >= 0.3 is 5.97 Å². The van der Waals surface area contributed by atoms with E-state index in [0.717, 1.165) is 17.4 Å². The van der Waals surface area contributed by atoms with Crippen LogP contribution in [0.15, 0.2) is 14.7 Å². The maximum absolute atomic E-state index is 12.0. The largest absolute Gasteiger partial charge is 0.477 e. The summed E-state index contributed by atoms with van der Waals surface area (Å²) >= 11 is 3.85. The van der Waals surface area contributed by atoms with Gasteiger partial charge in [-0.1, -0.05) is 5.21 Å². The maximum atomic E-state index is 12.0. The Bertz CT molecular complexity index is 695. The molecule has 0 aliphatic rings. The van der Waals surface area contributed by atoms with E-state index in [9.17, 15) is 13.2 Å². The van der Waals surface area contributed by atoms with E-state index in [4.69, 9.17) is 5.11 Å². The van der Waals surface area contributed by atoms with Crippen LogP contribution in [0.5, 0.6) is 0 Å². The van der Waals surface area contributed by atoms with Crippen LogP contribution in [0.1, 0.15) is 15.5 Å². The summed E-state index contributed by atoms with van der Waals surface area (Å²) in [6.07, 6.45) is 0. The van der Waals surface area contributed by atoms with E-state index in [2.05, 4.69) is 41.3 Å². The van der Waals surface area contributed by atoms with Gasteiger partial charge in [-0.05, 0) is 22.0 Å². The molecular weight excluding hydrogens is 362 g/mol. The van der Waals surface area contributed by atoms with Gasteiger partial charge in [-0.15, -0.1) is 21.5 Å². The second kappa shape index (κ2) is 5.32. The van der Waals surface area contributed by atoms with E-state index in [0.29, 0.717) is 0 Å². The number of rotatable bonds is 5. The lowest BCUT2D eigenvalue weighted by atomic mass is 10.5. The first kappa shape index (κ1) is 14.0. The Labute approximate surface area is 119 Å². The minimum Gasteiger partial charge on any atom is -0.477 e. The molecule has 0 aliphatic heterocycles. The Hall–Kier alpha value is -1.37. The minimum absolute atomic E-state index is 0.0770. The molecule has 2 aromatic heterocycles. The van der Waals surface area contributed by atoms with Crippen molar-refractivity contribution in [3.63, 3.8) is 0 Å².